The molecule has 4 heteroatoms. The highest BCUT2D eigenvalue weighted by atomic mass is 16.2. The first kappa shape index (κ1) is 16.3. The molecular weight excluding hydrogens is 264 g/mol. The third-order valence-corrected chi connectivity index (χ3v) is 5.11. The first-order valence-corrected chi connectivity index (χ1v) is 8.44. The number of hydrogen-bond acceptors (Lipinski definition) is 2. The number of amides is 2. The van der Waals surface area contributed by atoms with Crippen LogP contribution in [-0.4, -0.2) is 34.3 Å². The number of piperazine rings is 1. The van der Waals surface area contributed by atoms with Crippen molar-refractivity contribution in [1.82, 2.24) is 10.2 Å². The molecule has 1 N–H and O–H groups in total. The molecule has 0 bridgehead atoms. The SMILES string of the molecule is CC(C)CCCN1C(=O)C2(CCCCC2)NC(=O)C1(C)C. The molecule has 1 saturated heterocycles. The average molecular weight is 294 g/mol. The Morgan fingerprint density at radius 1 is 1.14 bits per heavy atom. The summed E-state index contributed by atoms with van der Waals surface area (Å²) in [6, 6.07) is 0. The molecule has 2 fully saturated rings. The molecule has 0 unspecified atom stereocenters. The predicted octanol–water partition coefficient (Wildman–Crippen LogP) is 2.86. The normalized spacial score (nSPS) is 24.5. The maximum atomic E-state index is 13.1. The van der Waals surface area contributed by atoms with Gasteiger partial charge in [-0.2, -0.15) is 0 Å². The standard InChI is InChI=1S/C17H30N2O2/c1-13(2)9-8-12-19-15(21)17(10-6-5-7-11-17)18-14(20)16(19,3)4/h13H,5-12H2,1-4H3,(H,18,20). The summed E-state index contributed by atoms with van der Waals surface area (Å²) < 4.78 is 0. The second kappa shape index (κ2) is 5.98. The number of nitrogens with zero attached hydrogens (tertiary/aromatic N) is 1. The zero-order valence-electron chi connectivity index (χ0n) is 14.0. The van der Waals surface area contributed by atoms with Gasteiger partial charge in [0.1, 0.15) is 11.1 Å². The minimum atomic E-state index is -0.725. The fourth-order valence-corrected chi connectivity index (χ4v) is 3.59. The molecule has 120 valence electrons. The third kappa shape index (κ3) is 3.09. The van der Waals surface area contributed by atoms with Gasteiger partial charge in [0.05, 0.1) is 0 Å². The molecule has 1 aliphatic carbocycles. The minimum absolute atomic E-state index is 0.00791. The van der Waals surface area contributed by atoms with Crippen LogP contribution in [0, 0.1) is 5.92 Å². The van der Waals surface area contributed by atoms with E-state index in [9.17, 15) is 9.59 Å². The van der Waals surface area contributed by atoms with Gasteiger partial charge < -0.3 is 10.2 Å². The average Bonchev–Trinajstić information content (AvgIpc) is 2.42. The van der Waals surface area contributed by atoms with Gasteiger partial charge in [0, 0.05) is 6.54 Å². The molecule has 1 spiro atoms. The molecule has 0 radical (unpaired) electrons. The Morgan fingerprint density at radius 3 is 2.33 bits per heavy atom. The summed E-state index contributed by atoms with van der Waals surface area (Å²) in [7, 11) is 0. The summed E-state index contributed by atoms with van der Waals surface area (Å²) in [5.74, 6) is 0.787. The smallest absolute Gasteiger partial charge is 0.249 e. The monoisotopic (exact) mass is 294 g/mol. The van der Waals surface area contributed by atoms with Crippen molar-refractivity contribution in [3.8, 4) is 0 Å². The summed E-state index contributed by atoms with van der Waals surface area (Å²) >= 11 is 0. The molecule has 2 rings (SSSR count). The quantitative estimate of drug-likeness (QED) is 0.866. The largest absolute Gasteiger partial charge is 0.340 e. The van der Waals surface area contributed by atoms with Crippen LogP contribution in [0.1, 0.15) is 72.6 Å². The molecule has 1 heterocycles. The van der Waals surface area contributed by atoms with Crippen molar-refractivity contribution in [2.45, 2.75) is 83.7 Å². The topological polar surface area (TPSA) is 49.4 Å². The Bertz CT molecular complexity index is 409. The van der Waals surface area contributed by atoms with Gasteiger partial charge in [-0.1, -0.05) is 33.1 Å². The van der Waals surface area contributed by atoms with Crippen LogP contribution in [0.5, 0.6) is 0 Å². The highest BCUT2D eigenvalue weighted by Gasteiger charge is 2.54. The zero-order valence-corrected chi connectivity index (χ0v) is 14.0. The van der Waals surface area contributed by atoms with E-state index in [2.05, 4.69) is 19.2 Å². The molecule has 4 nitrogen and oxygen atoms in total. The van der Waals surface area contributed by atoms with Gasteiger partial charge in [0.15, 0.2) is 0 Å². The first-order chi connectivity index (χ1) is 9.79. The lowest BCUT2D eigenvalue weighted by Crippen LogP contribution is -2.74. The van der Waals surface area contributed by atoms with E-state index in [0.29, 0.717) is 12.5 Å². The summed E-state index contributed by atoms with van der Waals surface area (Å²) in [6.07, 6.45) is 6.90. The number of hydrogen-bond donors (Lipinski definition) is 1. The lowest BCUT2D eigenvalue weighted by Gasteiger charge is -2.51. The van der Waals surface area contributed by atoms with E-state index in [1.54, 1.807) is 0 Å². The van der Waals surface area contributed by atoms with Gasteiger partial charge in [0.25, 0.3) is 0 Å². The Kier molecular flexibility index (Phi) is 4.64. The van der Waals surface area contributed by atoms with Crippen molar-refractivity contribution in [3.05, 3.63) is 0 Å². The molecule has 21 heavy (non-hydrogen) atoms. The fourth-order valence-electron chi connectivity index (χ4n) is 3.59. The molecule has 1 aliphatic heterocycles. The van der Waals surface area contributed by atoms with Gasteiger partial charge in [-0.05, 0) is 45.4 Å². The highest BCUT2D eigenvalue weighted by Crippen LogP contribution is 2.36. The Hall–Kier alpha value is -1.06. The second-order valence-corrected chi connectivity index (χ2v) is 7.65. The van der Waals surface area contributed by atoms with Crippen molar-refractivity contribution in [2.75, 3.05) is 6.54 Å². The van der Waals surface area contributed by atoms with Crippen LogP contribution in [0.15, 0.2) is 0 Å². The van der Waals surface area contributed by atoms with E-state index >= 15 is 0 Å². The van der Waals surface area contributed by atoms with Crippen LogP contribution in [-0.2, 0) is 9.59 Å². The summed E-state index contributed by atoms with van der Waals surface area (Å²) in [4.78, 5) is 27.4. The van der Waals surface area contributed by atoms with Gasteiger partial charge >= 0.3 is 0 Å². The Morgan fingerprint density at radius 2 is 1.76 bits per heavy atom. The van der Waals surface area contributed by atoms with Crippen molar-refractivity contribution in [2.24, 2.45) is 5.92 Å². The van der Waals surface area contributed by atoms with Crippen LogP contribution in [0.25, 0.3) is 0 Å². The van der Waals surface area contributed by atoms with Crippen molar-refractivity contribution < 1.29 is 9.59 Å². The Balaban J connectivity index is 2.17. The number of carbonyl (C=O) groups is 2. The molecule has 0 aromatic rings. The molecular formula is C17H30N2O2. The van der Waals surface area contributed by atoms with Gasteiger partial charge in [-0.3, -0.25) is 9.59 Å². The summed E-state index contributed by atoms with van der Waals surface area (Å²) in [5, 5.41) is 3.07. The molecule has 2 amide bonds. The molecule has 2 aliphatic rings. The van der Waals surface area contributed by atoms with Gasteiger partial charge in [-0.15, -0.1) is 0 Å². The maximum Gasteiger partial charge on any atom is 0.249 e. The van der Waals surface area contributed by atoms with E-state index in [0.717, 1.165) is 38.5 Å². The Labute approximate surface area is 128 Å². The number of rotatable bonds is 4. The second-order valence-electron chi connectivity index (χ2n) is 7.65. The molecule has 0 aromatic heterocycles. The van der Waals surface area contributed by atoms with Gasteiger partial charge in [0.2, 0.25) is 11.8 Å². The van der Waals surface area contributed by atoms with Crippen LogP contribution < -0.4 is 5.32 Å². The number of carbonyl (C=O) groups excluding carboxylic acids is 2. The zero-order chi connectivity index (χ0) is 15.7. The number of nitrogens with one attached hydrogen (secondary N) is 1. The fraction of sp³-hybridized carbons (Fsp3) is 0.882. The first-order valence-electron chi connectivity index (χ1n) is 8.44. The predicted molar refractivity (Wildman–Crippen MR) is 83.8 cm³/mol. The van der Waals surface area contributed by atoms with Gasteiger partial charge in [-0.25, -0.2) is 0 Å². The molecule has 0 atom stereocenters. The van der Waals surface area contributed by atoms with Crippen LogP contribution >= 0.6 is 0 Å². The van der Waals surface area contributed by atoms with Crippen molar-refractivity contribution in [3.63, 3.8) is 0 Å². The van der Waals surface area contributed by atoms with E-state index in [1.165, 1.54) is 6.42 Å². The van der Waals surface area contributed by atoms with Crippen molar-refractivity contribution in [1.29, 1.82) is 0 Å². The van der Waals surface area contributed by atoms with Crippen LogP contribution in [0.4, 0.5) is 0 Å². The summed E-state index contributed by atoms with van der Waals surface area (Å²) in [6.45, 7) is 8.81. The maximum absolute atomic E-state index is 13.1. The lowest BCUT2D eigenvalue weighted by atomic mass is 9.76. The van der Waals surface area contributed by atoms with E-state index in [-0.39, 0.29) is 11.8 Å². The summed E-state index contributed by atoms with van der Waals surface area (Å²) in [5.41, 5.74) is -1.33. The van der Waals surface area contributed by atoms with E-state index < -0.39 is 11.1 Å². The van der Waals surface area contributed by atoms with Crippen molar-refractivity contribution >= 4 is 11.8 Å². The minimum Gasteiger partial charge on any atom is -0.340 e. The van der Waals surface area contributed by atoms with Crippen LogP contribution in [0.2, 0.25) is 0 Å². The molecule has 0 aromatic carbocycles. The third-order valence-electron chi connectivity index (χ3n) is 5.11. The molecule has 1 saturated carbocycles. The van der Waals surface area contributed by atoms with Crippen LogP contribution in [0.3, 0.4) is 0 Å². The lowest BCUT2D eigenvalue weighted by molar-refractivity contribution is -0.162. The highest BCUT2D eigenvalue weighted by molar-refractivity contribution is 6.01. The van der Waals surface area contributed by atoms with E-state index in [4.69, 9.17) is 0 Å². The van der Waals surface area contributed by atoms with E-state index in [1.807, 2.05) is 18.7 Å².